The van der Waals surface area contributed by atoms with Crippen LogP contribution in [0.25, 0.3) is 0 Å². The topological polar surface area (TPSA) is 26.3 Å². The van der Waals surface area contributed by atoms with Crippen LogP contribution in [0.15, 0.2) is 12.2 Å². The summed E-state index contributed by atoms with van der Waals surface area (Å²) in [5.41, 5.74) is 0. The minimum atomic E-state index is -0.310. The van der Waals surface area contributed by atoms with Crippen LogP contribution in [0, 0.1) is 0 Å². The number of halogens is 1. The Bertz CT molecular complexity index is 149. The normalized spacial score (nSPS) is 10.9. The van der Waals surface area contributed by atoms with Crippen LogP contribution < -0.4 is 12.4 Å². The van der Waals surface area contributed by atoms with Crippen LogP contribution in [0.2, 0.25) is 0 Å². The van der Waals surface area contributed by atoms with Crippen molar-refractivity contribution in [3.63, 3.8) is 0 Å². The first kappa shape index (κ1) is 13.1. The maximum Gasteiger partial charge on any atom is 0.389 e. The van der Waals surface area contributed by atoms with Gasteiger partial charge in [0.2, 0.25) is 0 Å². The molecule has 0 aliphatic carbocycles. The lowest BCUT2D eigenvalue weighted by Gasteiger charge is -2.18. The third-order valence-corrected chi connectivity index (χ3v) is 0.667. The van der Waals surface area contributed by atoms with Crippen molar-refractivity contribution in [2.45, 2.75) is 6.92 Å². The summed E-state index contributed by atoms with van der Waals surface area (Å²) >= 11 is 0. The highest BCUT2D eigenvalue weighted by atomic mass is 35.5. The van der Waals surface area contributed by atoms with Crippen LogP contribution in [0.5, 0.6) is 0 Å². The van der Waals surface area contributed by atoms with Crippen molar-refractivity contribution in [2.24, 2.45) is 0 Å². The molecule has 0 aromatic heterocycles. The van der Waals surface area contributed by atoms with Crippen molar-refractivity contribution in [1.82, 2.24) is 0 Å². The first-order valence-corrected chi connectivity index (χ1v) is 3.13. The molecule has 0 amide bonds. The number of carbonyl (C=O) groups excluding carboxylic acids is 1. The van der Waals surface area contributed by atoms with Gasteiger partial charge < -0.3 is 12.4 Å². The van der Waals surface area contributed by atoms with E-state index in [4.69, 9.17) is 4.84 Å². The van der Waals surface area contributed by atoms with E-state index in [-0.39, 0.29) is 23.0 Å². The summed E-state index contributed by atoms with van der Waals surface area (Å²) in [5, 5.41) is 0. The number of hydrogen-bond donors (Lipinski definition) is 0. The first-order valence-electron chi connectivity index (χ1n) is 3.13. The zero-order valence-electron chi connectivity index (χ0n) is 7.30. The van der Waals surface area contributed by atoms with Crippen molar-refractivity contribution in [3.05, 3.63) is 12.2 Å². The molecule has 0 spiro atoms. The van der Waals surface area contributed by atoms with Gasteiger partial charge >= 0.3 is 5.97 Å². The van der Waals surface area contributed by atoms with E-state index in [1.54, 1.807) is 34.1 Å². The van der Waals surface area contributed by atoms with Crippen molar-refractivity contribution in [3.8, 4) is 0 Å². The summed E-state index contributed by atoms with van der Waals surface area (Å²) in [6.45, 7) is 1.77. The Kier molecular flexibility index (Phi) is 6.13. The van der Waals surface area contributed by atoms with Gasteiger partial charge in [-0.05, 0) is 6.92 Å². The fourth-order valence-electron chi connectivity index (χ4n) is 0.436. The van der Waals surface area contributed by atoms with Crippen molar-refractivity contribution < 1.29 is 26.7 Å². The molecule has 0 bridgehead atoms. The minimum Gasteiger partial charge on any atom is -1.00 e. The maximum absolute atomic E-state index is 10.7. The second-order valence-electron chi connectivity index (χ2n) is 2.80. The van der Waals surface area contributed by atoms with Crippen molar-refractivity contribution in [2.75, 3.05) is 21.1 Å². The number of carbonyl (C=O) groups is 1. The summed E-state index contributed by atoms with van der Waals surface area (Å²) in [7, 11) is 5.34. The lowest BCUT2D eigenvalue weighted by atomic mass is 10.5. The number of quaternary nitrogens is 1. The van der Waals surface area contributed by atoms with Crippen LogP contribution in [0.1, 0.15) is 6.92 Å². The Labute approximate surface area is 73.6 Å². The quantitative estimate of drug-likeness (QED) is 0.272. The van der Waals surface area contributed by atoms with E-state index >= 15 is 0 Å². The highest BCUT2D eigenvalue weighted by Crippen LogP contribution is 1.93. The Balaban J connectivity index is 0. The summed E-state index contributed by atoms with van der Waals surface area (Å²) in [6, 6.07) is 0. The van der Waals surface area contributed by atoms with E-state index < -0.39 is 0 Å². The van der Waals surface area contributed by atoms with Crippen molar-refractivity contribution >= 4 is 5.97 Å². The summed E-state index contributed by atoms with van der Waals surface area (Å²) in [5.74, 6) is -0.310. The Morgan fingerprint density at radius 2 is 1.82 bits per heavy atom. The van der Waals surface area contributed by atoms with E-state index in [0.29, 0.717) is 0 Å². The molecule has 11 heavy (non-hydrogen) atoms. The molecule has 0 saturated carbocycles. The van der Waals surface area contributed by atoms with Crippen LogP contribution in [-0.4, -0.2) is 31.8 Å². The van der Waals surface area contributed by atoms with E-state index in [0.717, 1.165) is 0 Å². The van der Waals surface area contributed by atoms with Crippen molar-refractivity contribution in [1.29, 1.82) is 0 Å². The molecular formula is C7H14ClNO2. The third-order valence-electron chi connectivity index (χ3n) is 0.667. The summed E-state index contributed by atoms with van der Waals surface area (Å²) in [4.78, 5) is 15.6. The van der Waals surface area contributed by atoms with Gasteiger partial charge in [-0.3, -0.25) is 4.84 Å². The molecule has 0 rings (SSSR count). The lowest BCUT2D eigenvalue weighted by Crippen LogP contribution is -3.00. The number of hydrogen-bond acceptors (Lipinski definition) is 2. The predicted molar refractivity (Wildman–Crippen MR) is 38.9 cm³/mol. The fourth-order valence-corrected chi connectivity index (χ4v) is 0.436. The van der Waals surface area contributed by atoms with Gasteiger partial charge in [-0.25, -0.2) is 4.79 Å². The molecule has 0 aromatic carbocycles. The first-order chi connectivity index (χ1) is 4.45. The standard InChI is InChI=1S/C7H14NO2.ClH/c1-5-6-7(9)10-8(2,3)4;/h5-6H,1-4H3;1H/q+1;/p-1. The zero-order valence-corrected chi connectivity index (χ0v) is 8.05. The average Bonchev–Trinajstić information content (AvgIpc) is 1.59. The number of nitrogens with zero attached hydrogens (tertiary/aromatic N) is 1. The molecule has 0 aliphatic heterocycles. The smallest absolute Gasteiger partial charge is 0.389 e. The molecule has 0 unspecified atom stereocenters. The second kappa shape index (κ2) is 5.16. The molecule has 0 N–H and O–H groups in total. The van der Waals surface area contributed by atoms with Gasteiger partial charge in [0, 0.05) is 6.08 Å². The summed E-state index contributed by atoms with van der Waals surface area (Å²) in [6.07, 6.45) is 3.04. The van der Waals surface area contributed by atoms with Gasteiger partial charge in [-0.2, -0.15) is 0 Å². The minimum absolute atomic E-state index is 0. The third kappa shape index (κ3) is 9.46. The van der Waals surface area contributed by atoms with E-state index in [2.05, 4.69) is 0 Å². The van der Waals surface area contributed by atoms with Gasteiger partial charge in [-0.1, -0.05) is 6.08 Å². The monoisotopic (exact) mass is 179 g/mol. The number of allylic oxidation sites excluding steroid dienone is 1. The Hall–Kier alpha value is -0.540. The van der Waals surface area contributed by atoms with Gasteiger partial charge in [0.25, 0.3) is 0 Å². The largest absolute Gasteiger partial charge is 1.00 e. The van der Waals surface area contributed by atoms with Crippen LogP contribution >= 0.6 is 0 Å². The second-order valence-corrected chi connectivity index (χ2v) is 2.80. The highest BCUT2D eigenvalue weighted by molar-refractivity contribution is 5.81. The molecular weight excluding hydrogens is 166 g/mol. The molecule has 0 atom stereocenters. The number of hydroxylamine groups is 3. The Morgan fingerprint density at radius 3 is 2.09 bits per heavy atom. The highest BCUT2D eigenvalue weighted by Gasteiger charge is 2.11. The zero-order chi connectivity index (χ0) is 8.20. The SMILES string of the molecule is CC=CC(=O)O[N+](C)(C)C.[Cl-]. The van der Waals surface area contributed by atoms with E-state index in [1.807, 2.05) is 0 Å². The summed E-state index contributed by atoms with van der Waals surface area (Å²) < 4.78 is 0.198. The van der Waals surface area contributed by atoms with Crippen LogP contribution in [-0.2, 0) is 9.63 Å². The van der Waals surface area contributed by atoms with Crippen LogP contribution in [0.4, 0.5) is 0 Å². The maximum atomic E-state index is 10.7. The predicted octanol–water partition coefficient (Wildman–Crippen LogP) is -2.27. The van der Waals surface area contributed by atoms with E-state index in [9.17, 15) is 4.79 Å². The van der Waals surface area contributed by atoms with Gasteiger partial charge in [0.05, 0.1) is 0 Å². The lowest BCUT2D eigenvalue weighted by molar-refractivity contribution is -1.04. The van der Waals surface area contributed by atoms with Crippen LogP contribution in [0.3, 0.4) is 0 Å². The molecule has 0 fully saturated rings. The van der Waals surface area contributed by atoms with Gasteiger partial charge in [0.1, 0.15) is 21.1 Å². The molecule has 0 radical (unpaired) electrons. The molecule has 0 aliphatic rings. The molecule has 0 aromatic rings. The van der Waals surface area contributed by atoms with E-state index in [1.165, 1.54) is 6.08 Å². The number of rotatable bonds is 2. The molecule has 0 heterocycles. The van der Waals surface area contributed by atoms with Gasteiger partial charge in [0.15, 0.2) is 0 Å². The molecule has 0 saturated heterocycles. The fraction of sp³-hybridized carbons (Fsp3) is 0.571. The molecule has 66 valence electrons. The molecule has 4 heteroatoms. The molecule has 3 nitrogen and oxygen atoms in total. The van der Waals surface area contributed by atoms with Gasteiger partial charge in [-0.15, -0.1) is 4.65 Å². The average molecular weight is 180 g/mol. The Morgan fingerprint density at radius 1 is 1.36 bits per heavy atom.